The molecule has 4 heteroatoms. The Morgan fingerprint density at radius 3 is 2.38 bits per heavy atom. The first-order valence-corrected chi connectivity index (χ1v) is 7.92. The lowest BCUT2D eigenvalue weighted by Crippen LogP contribution is -2.33. The highest BCUT2D eigenvalue weighted by Gasteiger charge is 2.06. The number of nitrogens with one attached hydrogen (secondary N) is 1. The van der Waals surface area contributed by atoms with Gasteiger partial charge in [0, 0.05) is 26.3 Å². The largest absolute Gasteiger partial charge is 0.352 e. The Balaban J connectivity index is 2.07. The van der Waals surface area contributed by atoms with Gasteiger partial charge < -0.3 is 19.7 Å². The molecule has 1 N–H and O–H groups in total. The number of hydrogen-bond donors (Lipinski definition) is 1. The molecule has 0 saturated carbocycles. The van der Waals surface area contributed by atoms with E-state index in [1.165, 1.54) is 5.56 Å². The van der Waals surface area contributed by atoms with Crippen molar-refractivity contribution in [1.82, 2.24) is 10.2 Å². The fourth-order valence-electron chi connectivity index (χ4n) is 2.21. The first-order valence-electron chi connectivity index (χ1n) is 7.92. The van der Waals surface area contributed by atoms with Gasteiger partial charge in [-0.1, -0.05) is 30.3 Å². The van der Waals surface area contributed by atoms with Crippen molar-refractivity contribution >= 4 is 0 Å². The Labute approximate surface area is 129 Å². The van der Waals surface area contributed by atoms with Crippen LogP contribution in [-0.4, -0.2) is 51.1 Å². The molecule has 0 atom stereocenters. The SMILES string of the molecule is CCOC(CNCCCN(C)Cc1ccccc1)OCC. The molecule has 1 aromatic rings. The summed E-state index contributed by atoms with van der Waals surface area (Å²) in [5.41, 5.74) is 1.36. The Hall–Kier alpha value is -0.940. The summed E-state index contributed by atoms with van der Waals surface area (Å²) in [7, 11) is 2.16. The summed E-state index contributed by atoms with van der Waals surface area (Å²) in [5.74, 6) is 0. The van der Waals surface area contributed by atoms with Gasteiger partial charge in [0.2, 0.25) is 0 Å². The van der Waals surface area contributed by atoms with Gasteiger partial charge in [0.1, 0.15) is 0 Å². The molecule has 4 nitrogen and oxygen atoms in total. The van der Waals surface area contributed by atoms with Crippen LogP contribution >= 0.6 is 0 Å². The lowest BCUT2D eigenvalue weighted by molar-refractivity contribution is -0.132. The van der Waals surface area contributed by atoms with Gasteiger partial charge in [0.05, 0.1) is 0 Å². The maximum Gasteiger partial charge on any atom is 0.169 e. The quantitative estimate of drug-likeness (QED) is 0.474. The topological polar surface area (TPSA) is 33.7 Å². The van der Waals surface area contributed by atoms with Gasteiger partial charge >= 0.3 is 0 Å². The van der Waals surface area contributed by atoms with Crippen LogP contribution in [0.4, 0.5) is 0 Å². The lowest BCUT2D eigenvalue weighted by Gasteiger charge is -2.19. The van der Waals surface area contributed by atoms with Crippen molar-refractivity contribution in [3.05, 3.63) is 35.9 Å². The highest BCUT2D eigenvalue weighted by molar-refractivity contribution is 5.14. The summed E-state index contributed by atoms with van der Waals surface area (Å²) in [4.78, 5) is 2.35. The Bertz CT molecular complexity index is 340. The van der Waals surface area contributed by atoms with E-state index in [4.69, 9.17) is 9.47 Å². The molecule has 0 bridgehead atoms. The predicted octanol–water partition coefficient (Wildman–Crippen LogP) is 2.50. The van der Waals surface area contributed by atoms with Crippen LogP contribution in [0.15, 0.2) is 30.3 Å². The zero-order valence-electron chi connectivity index (χ0n) is 13.7. The molecule has 0 fully saturated rings. The van der Waals surface area contributed by atoms with Crippen LogP contribution in [0.1, 0.15) is 25.8 Å². The van der Waals surface area contributed by atoms with Crippen molar-refractivity contribution < 1.29 is 9.47 Å². The number of benzene rings is 1. The number of nitrogens with zero attached hydrogens (tertiary/aromatic N) is 1. The van der Waals surface area contributed by atoms with Gasteiger partial charge in [-0.15, -0.1) is 0 Å². The molecule has 1 aromatic carbocycles. The second-order valence-electron chi connectivity index (χ2n) is 5.12. The second kappa shape index (κ2) is 11.7. The Kier molecular flexibility index (Phi) is 10.1. The van der Waals surface area contributed by atoms with Crippen LogP contribution in [-0.2, 0) is 16.0 Å². The van der Waals surface area contributed by atoms with E-state index in [1.54, 1.807) is 0 Å². The molecule has 0 spiro atoms. The van der Waals surface area contributed by atoms with Gasteiger partial charge in [-0.2, -0.15) is 0 Å². The van der Waals surface area contributed by atoms with Crippen LogP contribution < -0.4 is 5.32 Å². The van der Waals surface area contributed by atoms with E-state index >= 15 is 0 Å². The van der Waals surface area contributed by atoms with Crippen molar-refractivity contribution in [2.45, 2.75) is 33.1 Å². The van der Waals surface area contributed by atoms with Crippen molar-refractivity contribution in [3.63, 3.8) is 0 Å². The Morgan fingerprint density at radius 1 is 1.10 bits per heavy atom. The summed E-state index contributed by atoms with van der Waals surface area (Å²) in [6.07, 6.45) is 0.996. The maximum absolute atomic E-state index is 5.49. The fourth-order valence-corrected chi connectivity index (χ4v) is 2.21. The summed E-state index contributed by atoms with van der Waals surface area (Å²) in [5, 5.41) is 3.40. The van der Waals surface area contributed by atoms with Gasteiger partial charge in [-0.3, -0.25) is 0 Å². The van der Waals surface area contributed by atoms with Crippen molar-refractivity contribution in [2.75, 3.05) is 39.9 Å². The third kappa shape index (κ3) is 8.83. The van der Waals surface area contributed by atoms with E-state index < -0.39 is 0 Å². The summed E-state index contributed by atoms with van der Waals surface area (Å²) < 4.78 is 11.0. The average molecular weight is 294 g/mol. The number of hydrogen-bond acceptors (Lipinski definition) is 4. The number of rotatable bonds is 12. The molecule has 0 amide bonds. The van der Waals surface area contributed by atoms with E-state index in [9.17, 15) is 0 Å². The van der Waals surface area contributed by atoms with E-state index in [1.807, 2.05) is 13.8 Å². The lowest BCUT2D eigenvalue weighted by atomic mass is 10.2. The molecule has 21 heavy (non-hydrogen) atoms. The molecule has 0 aliphatic carbocycles. The van der Waals surface area contributed by atoms with Crippen LogP contribution in [0, 0.1) is 0 Å². The predicted molar refractivity (Wildman–Crippen MR) is 87.3 cm³/mol. The average Bonchev–Trinajstić information content (AvgIpc) is 2.48. The molecule has 120 valence electrons. The Morgan fingerprint density at radius 2 is 1.76 bits per heavy atom. The first kappa shape index (κ1) is 18.1. The zero-order chi connectivity index (χ0) is 15.3. The van der Waals surface area contributed by atoms with Crippen LogP contribution in [0.2, 0.25) is 0 Å². The van der Waals surface area contributed by atoms with Crippen molar-refractivity contribution in [1.29, 1.82) is 0 Å². The standard InChI is InChI=1S/C17H30N2O2/c1-4-20-17(21-5-2)14-18-12-9-13-19(3)15-16-10-7-6-8-11-16/h6-8,10-11,17-18H,4-5,9,12-15H2,1-3H3. The minimum Gasteiger partial charge on any atom is -0.352 e. The number of ether oxygens (including phenoxy) is 2. The molecule has 0 radical (unpaired) electrons. The van der Waals surface area contributed by atoms with Gasteiger partial charge in [0.15, 0.2) is 6.29 Å². The van der Waals surface area contributed by atoms with E-state index in [0.29, 0.717) is 13.2 Å². The molecule has 0 saturated heterocycles. The fraction of sp³-hybridized carbons (Fsp3) is 0.647. The molecule has 0 aliphatic rings. The maximum atomic E-state index is 5.49. The third-order valence-corrected chi connectivity index (χ3v) is 3.20. The van der Waals surface area contributed by atoms with Gasteiger partial charge in [-0.25, -0.2) is 0 Å². The van der Waals surface area contributed by atoms with Crippen molar-refractivity contribution in [2.24, 2.45) is 0 Å². The third-order valence-electron chi connectivity index (χ3n) is 3.20. The molecule has 0 unspecified atom stereocenters. The zero-order valence-corrected chi connectivity index (χ0v) is 13.7. The minimum absolute atomic E-state index is 0.123. The summed E-state index contributed by atoms with van der Waals surface area (Å²) >= 11 is 0. The molecule has 1 rings (SSSR count). The van der Waals surface area contributed by atoms with E-state index in [2.05, 4.69) is 47.6 Å². The smallest absolute Gasteiger partial charge is 0.169 e. The highest BCUT2D eigenvalue weighted by atomic mass is 16.7. The molecule has 0 aliphatic heterocycles. The highest BCUT2D eigenvalue weighted by Crippen LogP contribution is 2.02. The van der Waals surface area contributed by atoms with Gasteiger partial charge in [0.25, 0.3) is 0 Å². The van der Waals surface area contributed by atoms with E-state index in [-0.39, 0.29) is 6.29 Å². The van der Waals surface area contributed by atoms with Crippen molar-refractivity contribution in [3.8, 4) is 0 Å². The molecule has 0 aromatic heterocycles. The second-order valence-corrected chi connectivity index (χ2v) is 5.12. The molecular formula is C17H30N2O2. The summed E-state index contributed by atoms with van der Waals surface area (Å²) in [6.45, 7) is 9.17. The molecular weight excluding hydrogens is 264 g/mol. The summed E-state index contributed by atoms with van der Waals surface area (Å²) in [6, 6.07) is 10.6. The van der Waals surface area contributed by atoms with Crippen LogP contribution in [0.25, 0.3) is 0 Å². The van der Waals surface area contributed by atoms with Gasteiger partial charge in [-0.05, 0) is 46.0 Å². The normalized spacial score (nSPS) is 11.5. The molecule has 0 heterocycles. The monoisotopic (exact) mass is 294 g/mol. The van der Waals surface area contributed by atoms with Crippen LogP contribution in [0.5, 0.6) is 0 Å². The first-order chi connectivity index (χ1) is 10.3. The van der Waals surface area contributed by atoms with E-state index in [0.717, 1.165) is 32.6 Å². The minimum atomic E-state index is -0.123. The van der Waals surface area contributed by atoms with Crippen LogP contribution in [0.3, 0.4) is 0 Å².